The van der Waals surface area contributed by atoms with Gasteiger partial charge in [-0.3, -0.25) is 9.59 Å². The number of ether oxygens (including phenoxy) is 1. The predicted octanol–water partition coefficient (Wildman–Crippen LogP) is 3.44. The minimum Gasteiger partial charge on any atom is -0.481 e. The Hall–Kier alpha value is -1.88. The molecule has 1 aromatic carbocycles. The van der Waals surface area contributed by atoms with Gasteiger partial charge in [-0.25, -0.2) is 0 Å². The first kappa shape index (κ1) is 18.9. The number of likely N-dealkylation sites (tertiary alicyclic amines) is 1. The third-order valence-electron chi connectivity index (χ3n) is 5.73. The summed E-state index contributed by atoms with van der Waals surface area (Å²) in [5, 5.41) is 9.63. The van der Waals surface area contributed by atoms with Crippen LogP contribution in [0.5, 0.6) is 0 Å². The summed E-state index contributed by atoms with van der Waals surface area (Å²) in [5.41, 5.74) is 0.983. The Balaban J connectivity index is 1.69. The van der Waals surface area contributed by atoms with Gasteiger partial charge in [-0.15, -0.1) is 0 Å². The van der Waals surface area contributed by atoms with E-state index in [-0.39, 0.29) is 24.5 Å². The molecule has 1 saturated heterocycles. The second kappa shape index (κ2) is 8.67. The van der Waals surface area contributed by atoms with Crippen LogP contribution in [0.3, 0.4) is 0 Å². The van der Waals surface area contributed by atoms with Crippen molar-refractivity contribution < 1.29 is 19.4 Å². The number of carboxylic acid groups (broad SMARTS) is 1. The lowest BCUT2D eigenvalue weighted by atomic mass is 9.89. The normalized spacial score (nSPS) is 25.2. The van der Waals surface area contributed by atoms with E-state index >= 15 is 0 Å². The molecule has 1 amide bonds. The van der Waals surface area contributed by atoms with Crippen LogP contribution in [-0.4, -0.2) is 47.2 Å². The summed E-state index contributed by atoms with van der Waals surface area (Å²) in [4.78, 5) is 26.4. The molecular formula is C21H29NO4. The number of carbonyl (C=O) groups excluding carboxylic acids is 1. The lowest BCUT2D eigenvalue weighted by Crippen LogP contribution is -2.41. The minimum atomic E-state index is -0.838. The lowest BCUT2D eigenvalue weighted by molar-refractivity contribution is -0.149. The Kier molecular flexibility index (Phi) is 6.30. The van der Waals surface area contributed by atoms with E-state index < -0.39 is 18.0 Å². The van der Waals surface area contributed by atoms with Gasteiger partial charge < -0.3 is 14.7 Å². The van der Waals surface area contributed by atoms with Crippen LogP contribution >= 0.6 is 0 Å². The lowest BCUT2D eigenvalue weighted by Gasteiger charge is -2.29. The van der Waals surface area contributed by atoms with E-state index in [9.17, 15) is 14.7 Å². The molecule has 3 rings (SSSR count). The number of amides is 1. The van der Waals surface area contributed by atoms with Crippen LogP contribution < -0.4 is 0 Å². The molecule has 1 N–H and O–H groups in total. The number of hydrogen-bond acceptors (Lipinski definition) is 3. The molecule has 142 valence electrons. The molecule has 0 radical (unpaired) electrons. The van der Waals surface area contributed by atoms with E-state index in [4.69, 9.17) is 4.74 Å². The largest absolute Gasteiger partial charge is 0.481 e. The molecule has 3 atom stereocenters. The Morgan fingerprint density at radius 1 is 1.15 bits per heavy atom. The summed E-state index contributed by atoms with van der Waals surface area (Å²) in [6.45, 7) is 2.67. The van der Waals surface area contributed by atoms with Crippen LogP contribution in [0.4, 0.5) is 0 Å². The zero-order valence-corrected chi connectivity index (χ0v) is 15.5. The highest BCUT2D eigenvalue weighted by molar-refractivity contribution is 5.83. The van der Waals surface area contributed by atoms with Crippen molar-refractivity contribution in [2.45, 2.75) is 63.6 Å². The monoisotopic (exact) mass is 359 g/mol. The molecule has 1 heterocycles. The highest BCUT2D eigenvalue weighted by Crippen LogP contribution is 2.34. The number of carbonyl (C=O) groups is 2. The maximum atomic E-state index is 13.0. The number of hydrogen-bond donors (Lipinski definition) is 1. The maximum Gasteiger partial charge on any atom is 0.308 e. The van der Waals surface area contributed by atoms with E-state index in [2.05, 4.69) is 0 Å². The minimum absolute atomic E-state index is 0.0530. The van der Waals surface area contributed by atoms with Crippen molar-refractivity contribution in [3.8, 4) is 0 Å². The zero-order valence-electron chi connectivity index (χ0n) is 15.5. The summed E-state index contributed by atoms with van der Waals surface area (Å²) in [5.74, 6) is -1.61. The van der Waals surface area contributed by atoms with Crippen LogP contribution in [-0.2, 0) is 14.3 Å². The Bertz CT molecular complexity index is 612. The summed E-state index contributed by atoms with van der Waals surface area (Å²) >= 11 is 0. The molecule has 0 bridgehead atoms. The van der Waals surface area contributed by atoms with Gasteiger partial charge >= 0.3 is 5.97 Å². The van der Waals surface area contributed by atoms with Crippen molar-refractivity contribution in [3.63, 3.8) is 0 Å². The molecule has 2 aliphatic rings. The first-order chi connectivity index (χ1) is 12.6. The molecule has 5 nitrogen and oxygen atoms in total. The fourth-order valence-electron chi connectivity index (χ4n) is 4.24. The first-order valence-corrected chi connectivity index (χ1v) is 9.82. The Morgan fingerprint density at radius 3 is 2.46 bits per heavy atom. The molecule has 26 heavy (non-hydrogen) atoms. The van der Waals surface area contributed by atoms with Crippen molar-refractivity contribution in [1.82, 2.24) is 4.90 Å². The molecule has 1 aliphatic heterocycles. The van der Waals surface area contributed by atoms with Gasteiger partial charge in [0.2, 0.25) is 0 Å². The van der Waals surface area contributed by atoms with E-state index in [1.54, 1.807) is 4.90 Å². The molecule has 0 aromatic heterocycles. The molecule has 1 aliphatic carbocycles. The van der Waals surface area contributed by atoms with Gasteiger partial charge in [-0.2, -0.15) is 0 Å². The van der Waals surface area contributed by atoms with Crippen molar-refractivity contribution in [2.24, 2.45) is 5.92 Å². The fourth-order valence-corrected chi connectivity index (χ4v) is 4.24. The second-order valence-corrected chi connectivity index (χ2v) is 7.50. The standard InChI is InChI=1S/C21H29NO4/c1-2-19(26-16-11-7-4-8-12-16)20(23)22-13-17(18(14-22)21(24)25)15-9-5-3-6-10-15/h3,5-6,9-10,16-19H,2,4,7-8,11-14H2,1H3,(H,24,25)/t17-,18-,19?/m0/s1. The zero-order chi connectivity index (χ0) is 18.5. The van der Waals surface area contributed by atoms with Gasteiger partial charge in [-0.05, 0) is 24.8 Å². The maximum absolute atomic E-state index is 13.0. The smallest absolute Gasteiger partial charge is 0.308 e. The summed E-state index contributed by atoms with van der Waals surface area (Å²) in [6.07, 6.45) is 5.95. The van der Waals surface area contributed by atoms with Gasteiger partial charge in [-0.1, -0.05) is 56.5 Å². The number of nitrogens with zero attached hydrogens (tertiary/aromatic N) is 1. The van der Waals surface area contributed by atoms with Crippen molar-refractivity contribution >= 4 is 11.9 Å². The number of aliphatic carboxylic acids is 1. The van der Waals surface area contributed by atoms with Crippen molar-refractivity contribution in [1.29, 1.82) is 0 Å². The summed E-state index contributed by atoms with van der Waals surface area (Å²) in [7, 11) is 0. The molecule has 2 fully saturated rings. The number of benzene rings is 1. The molecule has 0 spiro atoms. The molecular weight excluding hydrogens is 330 g/mol. The average Bonchev–Trinajstić information content (AvgIpc) is 3.13. The summed E-state index contributed by atoms with van der Waals surface area (Å²) < 4.78 is 6.11. The quantitative estimate of drug-likeness (QED) is 0.845. The Morgan fingerprint density at radius 2 is 1.85 bits per heavy atom. The molecule has 1 unspecified atom stereocenters. The summed E-state index contributed by atoms with van der Waals surface area (Å²) in [6, 6.07) is 9.65. The molecule has 1 saturated carbocycles. The van der Waals surface area contributed by atoms with Crippen LogP contribution in [0.25, 0.3) is 0 Å². The van der Waals surface area contributed by atoms with Crippen LogP contribution in [0, 0.1) is 5.92 Å². The first-order valence-electron chi connectivity index (χ1n) is 9.82. The van der Waals surface area contributed by atoms with Crippen LogP contribution in [0.15, 0.2) is 30.3 Å². The van der Waals surface area contributed by atoms with E-state index in [1.165, 1.54) is 6.42 Å². The molecule has 1 aromatic rings. The van der Waals surface area contributed by atoms with Gasteiger partial charge in [0.15, 0.2) is 0 Å². The number of rotatable bonds is 6. The van der Waals surface area contributed by atoms with Gasteiger partial charge in [0.1, 0.15) is 6.10 Å². The van der Waals surface area contributed by atoms with E-state index in [0.29, 0.717) is 13.0 Å². The highest BCUT2D eigenvalue weighted by atomic mass is 16.5. The predicted molar refractivity (Wildman–Crippen MR) is 98.9 cm³/mol. The molecule has 5 heteroatoms. The van der Waals surface area contributed by atoms with Gasteiger partial charge in [0, 0.05) is 19.0 Å². The van der Waals surface area contributed by atoms with E-state index in [0.717, 1.165) is 31.2 Å². The van der Waals surface area contributed by atoms with Gasteiger partial charge in [0.05, 0.1) is 12.0 Å². The van der Waals surface area contributed by atoms with Gasteiger partial charge in [0.25, 0.3) is 5.91 Å². The van der Waals surface area contributed by atoms with Crippen LogP contribution in [0.1, 0.15) is 56.9 Å². The SMILES string of the molecule is CCC(OC1CCCCC1)C(=O)N1C[C@H](C(=O)O)[C@H](c2ccccc2)C1. The third-order valence-corrected chi connectivity index (χ3v) is 5.73. The number of carboxylic acids is 1. The fraction of sp³-hybridized carbons (Fsp3) is 0.619. The Labute approximate surface area is 155 Å². The second-order valence-electron chi connectivity index (χ2n) is 7.50. The third kappa shape index (κ3) is 4.26. The van der Waals surface area contributed by atoms with Crippen molar-refractivity contribution in [2.75, 3.05) is 13.1 Å². The average molecular weight is 359 g/mol. The van der Waals surface area contributed by atoms with Crippen LogP contribution in [0.2, 0.25) is 0 Å². The topological polar surface area (TPSA) is 66.8 Å². The van der Waals surface area contributed by atoms with Crippen molar-refractivity contribution in [3.05, 3.63) is 35.9 Å². The highest BCUT2D eigenvalue weighted by Gasteiger charge is 2.42. The van der Waals surface area contributed by atoms with E-state index in [1.807, 2.05) is 37.3 Å².